The molecule has 0 aliphatic carbocycles. The molecule has 1 aromatic heterocycles. The first-order chi connectivity index (χ1) is 40.7. The lowest BCUT2D eigenvalue weighted by atomic mass is 10.0. The fourth-order valence-electron chi connectivity index (χ4n) is 8.10. The van der Waals surface area contributed by atoms with E-state index in [0.29, 0.717) is 30.5 Å². The van der Waals surface area contributed by atoms with Crippen molar-refractivity contribution in [1.82, 2.24) is 57.8 Å². The lowest BCUT2D eigenvalue weighted by molar-refractivity contribution is -0.143. The van der Waals surface area contributed by atoms with Gasteiger partial charge in [0.25, 0.3) is 0 Å². The highest BCUT2D eigenvalue weighted by atomic mass is 32.1. The second-order valence-electron chi connectivity index (χ2n) is 19.7. The van der Waals surface area contributed by atoms with Gasteiger partial charge in [-0.25, -0.2) is 9.78 Å². The highest BCUT2D eigenvalue weighted by molar-refractivity contribution is 7.80. The maximum atomic E-state index is 14.2. The number of amides is 11. The van der Waals surface area contributed by atoms with E-state index in [-0.39, 0.29) is 31.4 Å². The Bertz CT molecular complexity index is 2850. The Kier molecular flexibility index (Phi) is 29.8. The maximum absolute atomic E-state index is 14.2. The summed E-state index contributed by atoms with van der Waals surface area (Å²) >= 11 is 3.83. The zero-order chi connectivity index (χ0) is 64.0. The lowest BCUT2D eigenvalue weighted by Crippen LogP contribution is -2.61. The summed E-state index contributed by atoms with van der Waals surface area (Å²) in [4.78, 5) is 191. The summed E-state index contributed by atoms with van der Waals surface area (Å²) in [6.07, 6.45) is -1.08. The largest absolute Gasteiger partial charge is 0.481 e. The number of aromatic nitrogens is 2. The van der Waals surface area contributed by atoms with E-state index in [1.54, 1.807) is 48.5 Å². The average molecular weight is 1220 g/mol. The van der Waals surface area contributed by atoms with Gasteiger partial charge in [-0.05, 0) is 43.9 Å². The number of benzene rings is 2. The van der Waals surface area contributed by atoms with Gasteiger partial charge in [0.05, 0.1) is 31.6 Å². The molecule has 2 aromatic carbocycles. The van der Waals surface area contributed by atoms with Crippen LogP contribution in [-0.2, 0) is 86.4 Å². The van der Waals surface area contributed by atoms with E-state index in [0.717, 1.165) is 6.92 Å². The van der Waals surface area contributed by atoms with Crippen LogP contribution in [0.5, 0.6) is 0 Å². The number of nitrogens with two attached hydrogens (primary N) is 4. The van der Waals surface area contributed by atoms with Gasteiger partial charge >= 0.3 is 17.9 Å². The van der Waals surface area contributed by atoms with Crippen LogP contribution in [0.4, 0.5) is 0 Å². The van der Waals surface area contributed by atoms with Crippen molar-refractivity contribution >= 4 is 95.5 Å². The predicted molar refractivity (Wildman–Crippen MR) is 305 cm³/mol. The van der Waals surface area contributed by atoms with Crippen molar-refractivity contribution in [3.8, 4) is 0 Å². The number of nitrogens with one attached hydrogen (secondary N) is 10. The Morgan fingerprint density at radius 2 is 0.907 bits per heavy atom. The first kappa shape index (κ1) is 70.8. The number of thiol groups is 1. The van der Waals surface area contributed by atoms with Gasteiger partial charge in [-0.1, -0.05) is 67.1 Å². The highest BCUT2D eigenvalue weighted by Gasteiger charge is 2.37. The summed E-state index contributed by atoms with van der Waals surface area (Å²) in [5.74, 6) is -17.3. The van der Waals surface area contributed by atoms with Gasteiger partial charge in [-0.15, -0.1) is 0 Å². The quantitative estimate of drug-likeness (QED) is 0.0187. The molecule has 0 radical (unpaired) electrons. The lowest BCUT2D eigenvalue weighted by Gasteiger charge is -2.27. The van der Waals surface area contributed by atoms with Crippen LogP contribution in [0, 0.1) is 0 Å². The average Bonchev–Trinajstić information content (AvgIpc) is 3.67. The summed E-state index contributed by atoms with van der Waals surface area (Å²) in [6.45, 7) is 1.51. The van der Waals surface area contributed by atoms with Crippen LogP contribution in [0.15, 0.2) is 73.2 Å². The predicted octanol–water partition coefficient (Wildman–Crippen LogP) is -5.62. The van der Waals surface area contributed by atoms with E-state index >= 15 is 0 Å². The Labute approximate surface area is 497 Å². The number of aliphatic carboxylic acids is 3. The molecule has 0 aliphatic rings. The van der Waals surface area contributed by atoms with E-state index in [1.165, 1.54) is 24.7 Å². The first-order valence-electron chi connectivity index (χ1n) is 26.8. The zero-order valence-corrected chi connectivity index (χ0v) is 47.5. The van der Waals surface area contributed by atoms with Crippen molar-refractivity contribution in [3.63, 3.8) is 0 Å². The van der Waals surface area contributed by atoms with Crippen molar-refractivity contribution in [2.45, 2.75) is 138 Å². The van der Waals surface area contributed by atoms with Gasteiger partial charge in [-0.2, -0.15) is 12.6 Å². The summed E-state index contributed by atoms with van der Waals surface area (Å²) in [5.41, 5.74) is 23.8. The molecular formula is C53H73N15O17S. The molecule has 0 bridgehead atoms. The third-order valence-corrected chi connectivity index (χ3v) is 13.0. The second-order valence-corrected chi connectivity index (χ2v) is 20.0. The Balaban J connectivity index is 1.89. The van der Waals surface area contributed by atoms with Crippen LogP contribution in [0.25, 0.3) is 0 Å². The van der Waals surface area contributed by atoms with Crippen molar-refractivity contribution in [1.29, 1.82) is 0 Å². The number of aromatic amines is 1. The molecule has 0 saturated heterocycles. The smallest absolute Gasteiger partial charge is 0.327 e. The molecule has 32 nitrogen and oxygen atoms in total. The molecule has 0 spiro atoms. The fraction of sp³-hybridized carbons (Fsp3) is 0.453. The Morgan fingerprint density at radius 1 is 0.500 bits per heavy atom. The molecule has 21 N–H and O–H groups in total. The van der Waals surface area contributed by atoms with Crippen molar-refractivity contribution in [3.05, 3.63) is 90.0 Å². The van der Waals surface area contributed by atoms with E-state index in [1.807, 2.05) is 10.6 Å². The minimum Gasteiger partial charge on any atom is -0.481 e. The van der Waals surface area contributed by atoms with E-state index in [2.05, 4.69) is 59.8 Å². The Hall–Kier alpha value is -9.50. The van der Waals surface area contributed by atoms with Crippen molar-refractivity contribution in [2.24, 2.45) is 22.9 Å². The van der Waals surface area contributed by atoms with Gasteiger partial charge in [0.15, 0.2) is 0 Å². The molecule has 86 heavy (non-hydrogen) atoms. The summed E-state index contributed by atoms with van der Waals surface area (Å²) in [5, 5.41) is 49.3. The van der Waals surface area contributed by atoms with Crippen molar-refractivity contribution < 1.29 is 82.4 Å². The van der Waals surface area contributed by atoms with Crippen LogP contribution < -0.4 is 70.8 Å². The molecule has 11 amide bonds. The maximum Gasteiger partial charge on any atom is 0.327 e. The molecule has 1 heterocycles. The monoisotopic (exact) mass is 1220 g/mol. The number of imidazole rings is 1. The number of carboxylic acid groups (broad SMARTS) is 3. The van der Waals surface area contributed by atoms with Crippen LogP contribution in [0.3, 0.4) is 0 Å². The molecule has 0 unspecified atom stereocenters. The highest BCUT2D eigenvalue weighted by Crippen LogP contribution is 2.11. The number of carbonyl (C=O) groups is 14. The number of rotatable bonds is 39. The number of primary amides is 2. The summed E-state index contributed by atoms with van der Waals surface area (Å²) < 4.78 is 0. The van der Waals surface area contributed by atoms with Crippen LogP contribution >= 0.6 is 12.6 Å². The van der Waals surface area contributed by atoms with E-state index < -0.39 is 181 Å². The van der Waals surface area contributed by atoms with E-state index in [4.69, 9.17) is 22.9 Å². The molecule has 33 heteroatoms. The van der Waals surface area contributed by atoms with E-state index in [9.17, 15) is 82.4 Å². The number of nitrogens with zero attached hydrogens (tertiary/aromatic N) is 1. The van der Waals surface area contributed by atoms with Gasteiger partial charge in [-0.3, -0.25) is 62.3 Å². The van der Waals surface area contributed by atoms with Gasteiger partial charge in [0.1, 0.15) is 54.4 Å². The molecule has 3 aromatic rings. The summed E-state index contributed by atoms with van der Waals surface area (Å²) in [7, 11) is 0. The summed E-state index contributed by atoms with van der Waals surface area (Å²) in [6, 6.07) is -0.177. The number of carboxylic acids is 3. The third kappa shape index (κ3) is 25.6. The normalized spacial score (nSPS) is 14.4. The van der Waals surface area contributed by atoms with Crippen molar-refractivity contribution in [2.75, 3.05) is 12.3 Å². The number of hydrogen-bond acceptors (Lipinski definition) is 18. The first-order valence-corrected chi connectivity index (χ1v) is 27.4. The van der Waals surface area contributed by atoms with Crippen LogP contribution in [-0.4, -0.2) is 181 Å². The Morgan fingerprint density at radius 3 is 1.34 bits per heavy atom. The fourth-order valence-corrected chi connectivity index (χ4v) is 8.35. The molecule has 3 rings (SSSR count). The molecule has 468 valence electrons. The van der Waals surface area contributed by atoms with Crippen LogP contribution in [0.2, 0.25) is 0 Å². The SMILES string of the molecule is C[C@H](NC(=O)[C@H](Cc1cnc[nH]1)NC(=O)[C@H](CCC(=O)O)NC(=O)[C@H](Cc1ccccc1)NC(=O)[C@@H](N)CCCCN)C(=O)N[C@@H](CC(N)=O)C(=O)N[C@@H](Cc1ccccc1)C(=O)N[C@@H](CC(N)=O)C(=O)N[C@@H](CC(=O)O)C(=O)N[C@@H](CS)C(=O)O. The third-order valence-electron chi connectivity index (χ3n) is 12.7. The topological polar surface area (TPSA) is 541 Å². The zero-order valence-electron chi connectivity index (χ0n) is 46.7. The molecule has 0 aliphatic heterocycles. The van der Waals surface area contributed by atoms with Gasteiger partial charge < -0.3 is 91.1 Å². The molecule has 0 fully saturated rings. The van der Waals surface area contributed by atoms with Gasteiger partial charge in [0.2, 0.25) is 65.0 Å². The molecule has 10 atom stereocenters. The number of H-pyrrole nitrogens is 1. The minimum atomic E-state index is -1.98. The second kappa shape index (κ2) is 36.3. The van der Waals surface area contributed by atoms with Gasteiger partial charge in [0, 0.05) is 43.3 Å². The molecular weight excluding hydrogens is 1150 g/mol. The minimum absolute atomic E-state index is 0.0855. The number of unbranched alkanes of at least 4 members (excludes halogenated alkanes) is 1. The number of carbonyl (C=O) groups excluding carboxylic acids is 11. The van der Waals surface area contributed by atoms with Crippen LogP contribution in [0.1, 0.15) is 75.1 Å². The molecule has 0 saturated carbocycles. The standard InChI is InChI=1S/C53H73N15O17S/c1-27(60-47(78)35(20-30-24-58-26-59-30)65-46(77)32(15-16-42(71)72)61-48(79)33(18-28-10-4-2-5-11-28)63-45(76)31(55)14-8-9-17-54)44(75)62-36(21-40(56)69)50(81)64-34(19-29-12-6-3-7-13-29)49(80)66-37(22-41(57)70)51(82)67-38(23-43(73)74)52(83)68-39(25-86)53(84)85/h2-7,10-13,24,26-27,31-39,86H,8-9,14-23,25,54-55H2,1H3,(H2,56,69)(H2,57,70)(H,58,59)(H,60,78)(H,61,79)(H,62,75)(H,63,76)(H,64,81)(H,65,77)(H,66,80)(H,67,82)(H,68,83)(H,71,72)(H,73,74)(H,84,85)/t27-,31-,32-,33-,34-,35-,36-,37-,38-,39-/m0/s1. The number of hydrogen-bond donors (Lipinski definition) is 18.